The molecule has 0 saturated carbocycles. The highest BCUT2D eigenvalue weighted by molar-refractivity contribution is 9.13. The molecule has 0 atom stereocenters. The van der Waals surface area contributed by atoms with Crippen molar-refractivity contribution in [3.8, 4) is 11.5 Å². The summed E-state index contributed by atoms with van der Waals surface area (Å²) in [6, 6.07) is 8.24. The molecular weight excluding hydrogens is 451 g/mol. The number of nitrogens with one attached hydrogen (secondary N) is 1. The van der Waals surface area contributed by atoms with Gasteiger partial charge in [0.15, 0.2) is 11.5 Å². The van der Waals surface area contributed by atoms with Gasteiger partial charge in [-0.05, 0) is 50.1 Å². The maximum absolute atomic E-state index is 12.0. The van der Waals surface area contributed by atoms with Crippen molar-refractivity contribution in [1.82, 2.24) is 5.43 Å². The molecule has 2 aromatic carbocycles. The highest BCUT2D eigenvalue weighted by Gasteiger charge is 2.14. The first kappa shape index (κ1) is 17.8. The van der Waals surface area contributed by atoms with Gasteiger partial charge < -0.3 is 9.84 Å². The molecule has 0 aliphatic heterocycles. The predicted octanol–water partition coefficient (Wildman–Crippen LogP) is 4.34. The number of ether oxygens (including phenoxy) is 1. The zero-order chi connectivity index (χ0) is 17.0. The van der Waals surface area contributed by atoms with Crippen LogP contribution in [0.5, 0.6) is 11.5 Å². The number of carbonyl (C=O) groups excluding carboxylic acids is 1. The van der Waals surface area contributed by atoms with Crippen LogP contribution < -0.4 is 10.2 Å². The van der Waals surface area contributed by atoms with Gasteiger partial charge in [0.25, 0.3) is 5.91 Å². The topological polar surface area (TPSA) is 70.9 Å². The zero-order valence-electron chi connectivity index (χ0n) is 11.8. The van der Waals surface area contributed by atoms with Crippen molar-refractivity contribution in [1.29, 1.82) is 0 Å². The van der Waals surface area contributed by atoms with Crippen LogP contribution >= 0.6 is 43.5 Å². The fourth-order valence-electron chi connectivity index (χ4n) is 1.75. The lowest BCUT2D eigenvalue weighted by molar-refractivity contribution is 0.0955. The molecule has 5 nitrogen and oxygen atoms in total. The lowest BCUT2D eigenvalue weighted by Crippen LogP contribution is -2.18. The highest BCUT2D eigenvalue weighted by atomic mass is 79.9. The Labute approximate surface area is 154 Å². The van der Waals surface area contributed by atoms with Crippen LogP contribution in [-0.2, 0) is 0 Å². The molecule has 0 spiro atoms. The second-order valence-electron chi connectivity index (χ2n) is 4.32. The third-order valence-corrected chi connectivity index (χ3v) is 5.23. The molecule has 0 aromatic heterocycles. The van der Waals surface area contributed by atoms with Gasteiger partial charge >= 0.3 is 0 Å². The number of phenols is 1. The quantitative estimate of drug-likeness (QED) is 0.525. The predicted molar refractivity (Wildman–Crippen MR) is 96.6 cm³/mol. The van der Waals surface area contributed by atoms with Gasteiger partial charge in [-0.3, -0.25) is 4.79 Å². The van der Waals surface area contributed by atoms with Crippen molar-refractivity contribution in [3.05, 3.63) is 55.4 Å². The summed E-state index contributed by atoms with van der Waals surface area (Å²) >= 11 is 12.6. The summed E-state index contributed by atoms with van der Waals surface area (Å²) in [4.78, 5) is 12.0. The van der Waals surface area contributed by atoms with E-state index in [9.17, 15) is 9.90 Å². The number of rotatable bonds is 4. The van der Waals surface area contributed by atoms with E-state index in [4.69, 9.17) is 16.3 Å². The normalized spacial score (nSPS) is 10.8. The Morgan fingerprint density at radius 2 is 2.09 bits per heavy atom. The number of hydrazone groups is 1. The number of nitrogens with zero attached hydrogens (tertiary/aromatic N) is 1. The minimum absolute atomic E-state index is 0.0988. The van der Waals surface area contributed by atoms with Crippen molar-refractivity contribution in [2.45, 2.75) is 0 Å². The van der Waals surface area contributed by atoms with Crippen LogP contribution in [0.1, 0.15) is 15.9 Å². The van der Waals surface area contributed by atoms with Gasteiger partial charge in [0.05, 0.1) is 29.5 Å². The fourth-order valence-corrected chi connectivity index (χ4v) is 2.79. The molecular formula is C15H11Br2ClN2O3. The third kappa shape index (κ3) is 4.04. The van der Waals surface area contributed by atoms with Gasteiger partial charge in [-0.1, -0.05) is 23.7 Å². The molecule has 2 rings (SSSR count). The van der Waals surface area contributed by atoms with E-state index in [-0.39, 0.29) is 11.5 Å². The number of phenolic OH excluding ortho intramolecular Hbond substituents is 1. The first-order chi connectivity index (χ1) is 11.0. The van der Waals surface area contributed by atoms with E-state index >= 15 is 0 Å². The Morgan fingerprint density at radius 1 is 1.39 bits per heavy atom. The first-order valence-electron chi connectivity index (χ1n) is 6.28. The standard InChI is InChI=1S/C15H11Br2ClN2O3/c1-23-12-6-10(16)13(17)9(14(12)21)7-19-20-15(22)8-4-2-3-5-11(8)18/h2-7,21H,1H3,(H,20,22)/b19-7-. The molecule has 0 radical (unpaired) electrons. The van der Waals surface area contributed by atoms with E-state index in [2.05, 4.69) is 42.4 Å². The minimum atomic E-state index is -0.454. The fraction of sp³-hybridized carbons (Fsp3) is 0.0667. The molecule has 23 heavy (non-hydrogen) atoms. The summed E-state index contributed by atoms with van der Waals surface area (Å²) < 4.78 is 6.31. The summed E-state index contributed by atoms with van der Waals surface area (Å²) in [5.41, 5.74) is 3.02. The molecule has 0 fully saturated rings. The molecule has 0 bridgehead atoms. The number of amides is 1. The van der Waals surface area contributed by atoms with Crippen LogP contribution in [-0.4, -0.2) is 24.3 Å². The Balaban J connectivity index is 2.23. The first-order valence-corrected chi connectivity index (χ1v) is 8.25. The van der Waals surface area contributed by atoms with Crippen LogP contribution in [0, 0.1) is 0 Å². The Bertz CT molecular complexity index is 782. The average Bonchev–Trinajstić information content (AvgIpc) is 2.54. The van der Waals surface area contributed by atoms with Gasteiger partial charge in [0, 0.05) is 8.95 Å². The van der Waals surface area contributed by atoms with Crippen LogP contribution in [0.4, 0.5) is 0 Å². The molecule has 0 aliphatic rings. The second kappa shape index (κ2) is 7.81. The maximum atomic E-state index is 12.0. The molecule has 120 valence electrons. The van der Waals surface area contributed by atoms with Gasteiger partial charge in [-0.2, -0.15) is 5.10 Å². The third-order valence-electron chi connectivity index (χ3n) is 2.89. The second-order valence-corrected chi connectivity index (χ2v) is 6.37. The van der Waals surface area contributed by atoms with Gasteiger partial charge in [0.2, 0.25) is 0 Å². The lowest BCUT2D eigenvalue weighted by Gasteiger charge is -2.09. The smallest absolute Gasteiger partial charge is 0.272 e. The van der Waals surface area contributed by atoms with E-state index in [1.165, 1.54) is 13.3 Å². The number of methoxy groups -OCH3 is 1. The number of halogens is 3. The Morgan fingerprint density at radius 3 is 2.74 bits per heavy atom. The molecule has 8 heteroatoms. The van der Waals surface area contributed by atoms with Crippen LogP contribution in [0.3, 0.4) is 0 Å². The molecule has 0 unspecified atom stereocenters. The average molecular weight is 463 g/mol. The molecule has 2 aromatic rings. The molecule has 2 N–H and O–H groups in total. The van der Waals surface area contributed by atoms with Gasteiger partial charge in [-0.25, -0.2) is 5.43 Å². The van der Waals surface area contributed by atoms with Gasteiger partial charge in [0.1, 0.15) is 0 Å². The van der Waals surface area contributed by atoms with Gasteiger partial charge in [-0.15, -0.1) is 0 Å². The van der Waals surface area contributed by atoms with Crippen molar-refractivity contribution in [3.63, 3.8) is 0 Å². The molecule has 1 amide bonds. The minimum Gasteiger partial charge on any atom is -0.504 e. The van der Waals surface area contributed by atoms with E-state index in [1.807, 2.05) is 0 Å². The molecule has 0 aliphatic carbocycles. The van der Waals surface area contributed by atoms with E-state index in [1.54, 1.807) is 30.3 Å². The SMILES string of the molecule is COc1cc(Br)c(Br)c(/C=N\NC(=O)c2ccccc2Cl)c1O. The monoisotopic (exact) mass is 460 g/mol. The summed E-state index contributed by atoms with van der Waals surface area (Å²) in [5.74, 6) is -0.276. The number of carbonyl (C=O) groups is 1. The van der Waals surface area contributed by atoms with E-state index in [0.717, 1.165) is 0 Å². The number of hydrogen-bond donors (Lipinski definition) is 2. The summed E-state index contributed by atoms with van der Waals surface area (Å²) in [6.07, 6.45) is 1.31. The number of benzene rings is 2. The highest BCUT2D eigenvalue weighted by Crippen LogP contribution is 2.39. The van der Waals surface area contributed by atoms with Crippen molar-refractivity contribution in [2.75, 3.05) is 7.11 Å². The largest absolute Gasteiger partial charge is 0.504 e. The van der Waals surface area contributed by atoms with E-state index < -0.39 is 5.91 Å². The summed E-state index contributed by atoms with van der Waals surface area (Å²) in [5, 5.41) is 14.3. The van der Waals surface area contributed by atoms with Crippen LogP contribution in [0.25, 0.3) is 0 Å². The van der Waals surface area contributed by atoms with Crippen LogP contribution in [0.2, 0.25) is 5.02 Å². The number of aromatic hydroxyl groups is 1. The summed E-state index contributed by atoms with van der Waals surface area (Å²) in [7, 11) is 1.44. The maximum Gasteiger partial charge on any atom is 0.272 e. The lowest BCUT2D eigenvalue weighted by atomic mass is 10.2. The Hall–Kier alpha value is -1.57. The summed E-state index contributed by atoms with van der Waals surface area (Å²) in [6.45, 7) is 0. The Kier molecular flexibility index (Phi) is 6.04. The zero-order valence-corrected chi connectivity index (χ0v) is 15.7. The van der Waals surface area contributed by atoms with E-state index in [0.29, 0.717) is 25.1 Å². The molecule has 0 heterocycles. The molecule has 0 saturated heterocycles. The number of hydrogen-bond acceptors (Lipinski definition) is 4. The van der Waals surface area contributed by atoms with Crippen molar-refractivity contribution < 1.29 is 14.6 Å². The van der Waals surface area contributed by atoms with Crippen LogP contribution in [0.15, 0.2) is 44.4 Å². The van der Waals surface area contributed by atoms with Crippen molar-refractivity contribution >= 4 is 55.6 Å². The van der Waals surface area contributed by atoms with Crippen molar-refractivity contribution in [2.24, 2.45) is 5.10 Å².